The lowest BCUT2D eigenvalue weighted by Gasteiger charge is -2.32. The van der Waals surface area contributed by atoms with Gasteiger partial charge in [-0.15, -0.1) is 5.10 Å². The molecular weight excluding hydrogens is 375 g/mol. The molecule has 1 aromatic carbocycles. The molecule has 2 aromatic heterocycles. The number of phenolic OH excluding ortho intramolecular Hbond substituents is 1. The van der Waals surface area contributed by atoms with Crippen molar-refractivity contribution in [2.45, 2.75) is 26.1 Å². The largest absolute Gasteiger partial charge is 0.507 e. The predicted octanol–water partition coefficient (Wildman–Crippen LogP) is 2.88. The zero-order valence-corrected chi connectivity index (χ0v) is 15.2. The molecule has 28 heavy (non-hydrogen) atoms. The van der Waals surface area contributed by atoms with E-state index >= 15 is 0 Å². The molecule has 0 spiro atoms. The average molecular weight is 393 g/mol. The van der Waals surface area contributed by atoms with Gasteiger partial charge in [-0.05, 0) is 37.1 Å². The first-order valence-corrected chi connectivity index (χ1v) is 8.69. The van der Waals surface area contributed by atoms with Gasteiger partial charge in [0.05, 0.1) is 18.8 Å². The average Bonchev–Trinajstić information content (AvgIpc) is 3.04. The molecule has 3 aromatic rings. The third-order valence-electron chi connectivity index (χ3n) is 4.63. The fraction of sp³-hybridized carbons (Fsp3) is 0.389. The third-order valence-corrected chi connectivity index (χ3v) is 4.63. The Labute approximate surface area is 158 Å². The summed E-state index contributed by atoms with van der Waals surface area (Å²) in [4.78, 5) is 10.1. The number of morpholine rings is 1. The molecule has 1 N–H and O–H groups in total. The van der Waals surface area contributed by atoms with Gasteiger partial charge < -0.3 is 14.7 Å². The Morgan fingerprint density at radius 1 is 1.21 bits per heavy atom. The first-order valence-electron chi connectivity index (χ1n) is 8.69. The van der Waals surface area contributed by atoms with Crippen LogP contribution >= 0.6 is 0 Å². The molecule has 148 valence electrons. The van der Waals surface area contributed by atoms with Crippen molar-refractivity contribution in [2.75, 3.05) is 24.6 Å². The van der Waals surface area contributed by atoms with E-state index in [1.54, 1.807) is 18.3 Å². The zero-order chi connectivity index (χ0) is 20.1. The van der Waals surface area contributed by atoms with Crippen LogP contribution in [0.25, 0.3) is 17.0 Å². The smallest absolute Gasteiger partial charge is 0.416 e. The maximum absolute atomic E-state index is 12.9. The summed E-state index contributed by atoms with van der Waals surface area (Å²) < 4.78 is 45.0. The lowest BCUT2D eigenvalue weighted by atomic mass is 10.0. The van der Waals surface area contributed by atoms with Crippen molar-refractivity contribution in [3.63, 3.8) is 0 Å². The van der Waals surface area contributed by atoms with Crippen LogP contribution in [0.5, 0.6) is 5.75 Å². The Bertz CT molecular complexity index is 1010. The first-order chi connectivity index (χ1) is 13.2. The number of benzene rings is 1. The second-order valence-corrected chi connectivity index (χ2v) is 6.79. The zero-order valence-electron chi connectivity index (χ0n) is 15.2. The Hall–Kier alpha value is -2.88. The number of halogens is 3. The first kappa shape index (κ1) is 18.5. The highest BCUT2D eigenvalue weighted by atomic mass is 19.4. The Kier molecular flexibility index (Phi) is 4.37. The number of rotatable bonds is 2. The highest BCUT2D eigenvalue weighted by Gasteiger charge is 2.44. The Morgan fingerprint density at radius 3 is 2.71 bits per heavy atom. The number of anilines is 1. The molecule has 0 aliphatic carbocycles. The van der Waals surface area contributed by atoms with Gasteiger partial charge in [-0.25, -0.2) is 9.50 Å². The van der Waals surface area contributed by atoms with Gasteiger partial charge in [0, 0.05) is 18.3 Å². The van der Waals surface area contributed by atoms with Crippen LogP contribution in [0, 0.1) is 13.8 Å². The van der Waals surface area contributed by atoms with E-state index in [0.717, 1.165) is 11.1 Å². The normalized spacial score (nSPS) is 18.0. The van der Waals surface area contributed by atoms with Crippen LogP contribution in [-0.2, 0) is 4.74 Å². The van der Waals surface area contributed by atoms with Gasteiger partial charge in [-0.2, -0.15) is 18.2 Å². The van der Waals surface area contributed by atoms with E-state index in [1.165, 1.54) is 9.42 Å². The molecule has 1 saturated heterocycles. The Morgan fingerprint density at radius 2 is 2.00 bits per heavy atom. The summed E-state index contributed by atoms with van der Waals surface area (Å²) in [5.41, 5.74) is 2.88. The number of alkyl halides is 3. The second kappa shape index (κ2) is 6.62. The lowest BCUT2D eigenvalue weighted by Crippen LogP contribution is -2.49. The van der Waals surface area contributed by atoms with Crippen molar-refractivity contribution in [3.8, 4) is 17.0 Å². The van der Waals surface area contributed by atoms with E-state index < -0.39 is 12.3 Å². The molecule has 0 amide bonds. The van der Waals surface area contributed by atoms with E-state index in [9.17, 15) is 18.3 Å². The molecule has 7 nitrogen and oxygen atoms in total. The Balaban J connectivity index is 1.68. The molecule has 4 rings (SSSR count). The monoisotopic (exact) mass is 393 g/mol. The molecule has 1 fully saturated rings. The number of aromatic hydroxyl groups is 1. The molecular formula is C18H18F3N5O2. The van der Waals surface area contributed by atoms with Crippen molar-refractivity contribution >= 4 is 11.7 Å². The summed E-state index contributed by atoms with van der Waals surface area (Å²) in [5.74, 6) is 0.504. The molecule has 1 aliphatic heterocycles. The van der Waals surface area contributed by atoms with E-state index in [2.05, 4.69) is 15.1 Å². The number of nitrogens with zero attached hydrogens (tertiary/aromatic N) is 5. The van der Waals surface area contributed by atoms with E-state index in [1.807, 2.05) is 19.9 Å². The number of fused-ring (bicyclic) bond motifs is 1. The number of phenols is 1. The van der Waals surface area contributed by atoms with Gasteiger partial charge in [0.2, 0.25) is 5.95 Å². The number of aryl methyl sites for hydroxylation is 2. The van der Waals surface area contributed by atoms with E-state index in [4.69, 9.17) is 4.74 Å². The summed E-state index contributed by atoms with van der Waals surface area (Å²) in [6.45, 7) is 3.58. The fourth-order valence-electron chi connectivity index (χ4n) is 3.35. The van der Waals surface area contributed by atoms with Gasteiger partial charge in [0.15, 0.2) is 6.10 Å². The van der Waals surface area contributed by atoms with Crippen molar-refractivity contribution in [1.29, 1.82) is 0 Å². The quantitative estimate of drug-likeness (QED) is 0.722. The maximum atomic E-state index is 12.9. The van der Waals surface area contributed by atoms with Crippen molar-refractivity contribution < 1.29 is 23.0 Å². The number of hydrogen-bond acceptors (Lipinski definition) is 6. The van der Waals surface area contributed by atoms with E-state index in [0.29, 0.717) is 11.3 Å². The van der Waals surface area contributed by atoms with Gasteiger partial charge in [0.1, 0.15) is 5.75 Å². The van der Waals surface area contributed by atoms with Crippen LogP contribution < -0.4 is 4.90 Å². The lowest BCUT2D eigenvalue weighted by molar-refractivity contribution is -0.221. The number of aromatic nitrogens is 4. The SMILES string of the molecule is Cc1cc(C)c(-c2ccn3nc(N4CCOC(C(F)(F)F)C4)nc3n2)c(O)c1. The third kappa shape index (κ3) is 3.35. The van der Waals surface area contributed by atoms with Gasteiger partial charge >= 0.3 is 6.18 Å². The summed E-state index contributed by atoms with van der Waals surface area (Å²) in [6.07, 6.45) is -4.69. The minimum absolute atomic E-state index is 0.0607. The number of ether oxygens (including phenoxy) is 1. The van der Waals surface area contributed by atoms with Gasteiger partial charge in [-0.3, -0.25) is 0 Å². The molecule has 1 atom stereocenters. The van der Waals surface area contributed by atoms with Crippen LogP contribution in [0.2, 0.25) is 0 Å². The van der Waals surface area contributed by atoms with Crippen LogP contribution in [0.1, 0.15) is 11.1 Å². The summed E-state index contributed by atoms with van der Waals surface area (Å²) in [6, 6.07) is 5.26. The van der Waals surface area contributed by atoms with Gasteiger partial charge in [-0.1, -0.05) is 6.07 Å². The molecule has 3 heterocycles. The summed E-state index contributed by atoms with van der Waals surface area (Å²) >= 11 is 0. The summed E-state index contributed by atoms with van der Waals surface area (Å²) in [7, 11) is 0. The molecule has 0 saturated carbocycles. The van der Waals surface area contributed by atoms with Crippen molar-refractivity contribution in [3.05, 3.63) is 35.5 Å². The molecule has 0 bridgehead atoms. The predicted molar refractivity (Wildman–Crippen MR) is 95.4 cm³/mol. The van der Waals surface area contributed by atoms with E-state index in [-0.39, 0.29) is 37.2 Å². The molecule has 1 unspecified atom stereocenters. The second-order valence-electron chi connectivity index (χ2n) is 6.79. The molecule has 1 aliphatic rings. The number of hydrogen-bond donors (Lipinski definition) is 1. The van der Waals surface area contributed by atoms with Crippen LogP contribution in [0.4, 0.5) is 19.1 Å². The standard InChI is InChI=1S/C18H18F3N5O2/c1-10-7-11(2)15(13(27)8-10)12-3-4-26-16(22-12)23-17(24-26)25-5-6-28-14(9-25)18(19,20)21/h3-4,7-8,14,27H,5-6,9H2,1-2H3. The highest BCUT2D eigenvalue weighted by molar-refractivity contribution is 5.72. The highest BCUT2D eigenvalue weighted by Crippen LogP contribution is 2.32. The summed E-state index contributed by atoms with van der Waals surface area (Å²) in [5, 5.41) is 14.5. The van der Waals surface area contributed by atoms with Crippen molar-refractivity contribution in [1.82, 2.24) is 19.6 Å². The van der Waals surface area contributed by atoms with Crippen molar-refractivity contribution in [2.24, 2.45) is 0 Å². The van der Waals surface area contributed by atoms with Crippen LogP contribution in [0.3, 0.4) is 0 Å². The topological polar surface area (TPSA) is 75.8 Å². The maximum Gasteiger partial charge on any atom is 0.416 e. The molecule has 10 heteroatoms. The minimum atomic E-state index is -4.44. The fourth-order valence-corrected chi connectivity index (χ4v) is 3.35. The van der Waals surface area contributed by atoms with Crippen LogP contribution in [0.15, 0.2) is 24.4 Å². The van der Waals surface area contributed by atoms with Crippen LogP contribution in [-0.4, -0.2) is 56.7 Å². The van der Waals surface area contributed by atoms with Gasteiger partial charge in [0.25, 0.3) is 5.78 Å². The molecule has 0 radical (unpaired) electrons. The minimum Gasteiger partial charge on any atom is -0.507 e.